The molecule has 0 unspecified atom stereocenters. The molecule has 1 aliphatic rings. The molecule has 1 aliphatic heterocycles. The van der Waals surface area contributed by atoms with Crippen molar-refractivity contribution in [3.8, 4) is 11.5 Å². The molecule has 1 heterocycles. The zero-order valence-corrected chi connectivity index (χ0v) is 9.46. The number of carbonyl (C=O) groups excluding carboxylic acids is 1. The zero-order valence-electron chi connectivity index (χ0n) is 9.46. The Balaban J connectivity index is 2.10. The van der Waals surface area contributed by atoms with Gasteiger partial charge in [0.05, 0.1) is 26.2 Å². The Morgan fingerprint density at radius 3 is 2.71 bits per heavy atom. The number of carbonyl (C=O) groups is 1. The molecule has 5 heteroatoms. The van der Waals surface area contributed by atoms with Crippen LogP contribution < -0.4 is 4.74 Å². The standard InChI is InChI=1S/C12H14O5/c1-15-11-4-9(2-3-10(11)14)12-16-6-8(5-13)7-17-12/h2-5,8,12,14H,6-7H2,1H3. The molecule has 2 rings (SSSR count). The predicted octanol–water partition coefficient (Wildman–Crippen LogP) is 1.26. The van der Waals surface area contributed by atoms with E-state index in [1.54, 1.807) is 12.1 Å². The molecule has 1 N–H and O–H groups in total. The second-order valence-corrected chi connectivity index (χ2v) is 3.83. The summed E-state index contributed by atoms with van der Waals surface area (Å²) in [7, 11) is 1.48. The number of ether oxygens (including phenoxy) is 3. The third-order valence-electron chi connectivity index (χ3n) is 2.59. The van der Waals surface area contributed by atoms with Crippen LogP contribution in [0.1, 0.15) is 11.9 Å². The van der Waals surface area contributed by atoms with E-state index in [1.807, 2.05) is 0 Å². The van der Waals surface area contributed by atoms with E-state index in [2.05, 4.69) is 0 Å². The van der Waals surface area contributed by atoms with Gasteiger partial charge in [-0.25, -0.2) is 0 Å². The number of hydrogen-bond donors (Lipinski definition) is 1. The monoisotopic (exact) mass is 238 g/mol. The Bertz CT molecular complexity index is 396. The minimum absolute atomic E-state index is 0.0674. The van der Waals surface area contributed by atoms with Gasteiger partial charge in [-0.15, -0.1) is 0 Å². The van der Waals surface area contributed by atoms with Crippen molar-refractivity contribution in [2.45, 2.75) is 6.29 Å². The summed E-state index contributed by atoms with van der Waals surface area (Å²) in [5.74, 6) is 0.232. The smallest absolute Gasteiger partial charge is 0.183 e. The highest BCUT2D eigenvalue weighted by Crippen LogP contribution is 2.32. The lowest BCUT2D eigenvalue weighted by molar-refractivity contribution is -0.201. The molecule has 0 saturated carbocycles. The molecule has 0 amide bonds. The maximum Gasteiger partial charge on any atom is 0.183 e. The number of aldehydes is 1. The number of benzene rings is 1. The third kappa shape index (κ3) is 2.57. The highest BCUT2D eigenvalue weighted by atomic mass is 16.7. The van der Waals surface area contributed by atoms with Crippen LogP contribution in [-0.4, -0.2) is 31.7 Å². The summed E-state index contributed by atoms with van der Waals surface area (Å²) >= 11 is 0. The Labute approximate surface area is 98.9 Å². The second-order valence-electron chi connectivity index (χ2n) is 3.83. The lowest BCUT2D eigenvalue weighted by Gasteiger charge is -2.27. The van der Waals surface area contributed by atoms with Crippen LogP contribution in [0.3, 0.4) is 0 Å². The van der Waals surface area contributed by atoms with Crippen molar-refractivity contribution in [2.24, 2.45) is 5.92 Å². The van der Waals surface area contributed by atoms with Gasteiger partial charge < -0.3 is 24.1 Å². The number of methoxy groups -OCH3 is 1. The molecule has 0 aliphatic carbocycles. The quantitative estimate of drug-likeness (QED) is 0.803. The topological polar surface area (TPSA) is 65.0 Å². The first-order chi connectivity index (χ1) is 8.24. The van der Waals surface area contributed by atoms with E-state index in [9.17, 15) is 9.90 Å². The second kappa shape index (κ2) is 5.16. The van der Waals surface area contributed by atoms with Crippen LogP contribution in [0.2, 0.25) is 0 Å². The van der Waals surface area contributed by atoms with Gasteiger partial charge in [-0.3, -0.25) is 0 Å². The summed E-state index contributed by atoms with van der Waals surface area (Å²) in [4.78, 5) is 10.5. The lowest BCUT2D eigenvalue weighted by atomic mass is 10.1. The highest BCUT2D eigenvalue weighted by molar-refractivity contribution is 5.53. The van der Waals surface area contributed by atoms with E-state index in [1.165, 1.54) is 13.2 Å². The fraction of sp³-hybridized carbons (Fsp3) is 0.417. The van der Waals surface area contributed by atoms with Gasteiger partial charge in [0.25, 0.3) is 0 Å². The first-order valence-corrected chi connectivity index (χ1v) is 5.30. The largest absolute Gasteiger partial charge is 0.504 e. The molecule has 0 radical (unpaired) electrons. The van der Waals surface area contributed by atoms with E-state index >= 15 is 0 Å². The normalized spacial score (nSPS) is 24.3. The Hall–Kier alpha value is -1.59. The Kier molecular flexibility index (Phi) is 3.61. The fourth-order valence-corrected chi connectivity index (χ4v) is 1.63. The molecule has 1 saturated heterocycles. The van der Waals surface area contributed by atoms with Gasteiger partial charge in [0, 0.05) is 5.56 Å². The molecule has 92 valence electrons. The Morgan fingerprint density at radius 2 is 2.12 bits per heavy atom. The number of phenols is 1. The third-order valence-corrected chi connectivity index (χ3v) is 2.59. The van der Waals surface area contributed by atoms with Gasteiger partial charge in [0.1, 0.15) is 6.29 Å². The van der Waals surface area contributed by atoms with E-state index in [4.69, 9.17) is 14.2 Å². The molecule has 0 bridgehead atoms. The van der Waals surface area contributed by atoms with Crippen molar-refractivity contribution < 1.29 is 24.1 Å². The van der Waals surface area contributed by atoms with Crippen LogP contribution in [-0.2, 0) is 14.3 Å². The van der Waals surface area contributed by atoms with Crippen molar-refractivity contribution in [3.63, 3.8) is 0 Å². The molecule has 5 nitrogen and oxygen atoms in total. The summed E-state index contributed by atoms with van der Waals surface area (Å²) in [5, 5.41) is 9.46. The van der Waals surface area contributed by atoms with Crippen molar-refractivity contribution >= 4 is 6.29 Å². The molecular formula is C12H14O5. The van der Waals surface area contributed by atoms with Gasteiger partial charge in [0.15, 0.2) is 17.8 Å². The SMILES string of the molecule is COc1cc(C2OCC(C=O)CO2)ccc1O. The van der Waals surface area contributed by atoms with Gasteiger partial charge in [-0.2, -0.15) is 0 Å². The number of rotatable bonds is 3. The molecule has 0 aromatic heterocycles. The van der Waals surface area contributed by atoms with Gasteiger partial charge in [0.2, 0.25) is 0 Å². The van der Waals surface area contributed by atoms with Crippen molar-refractivity contribution in [3.05, 3.63) is 23.8 Å². The van der Waals surface area contributed by atoms with Crippen LogP contribution in [0, 0.1) is 5.92 Å². The minimum atomic E-state index is -0.513. The van der Waals surface area contributed by atoms with Crippen LogP contribution in [0.4, 0.5) is 0 Å². The molecule has 0 atom stereocenters. The first-order valence-electron chi connectivity index (χ1n) is 5.30. The van der Waals surface area contributed by atoms with Crippen molar-refractivity contribution in [1.29, 1.82) is 0 Å². The Morgan fingerprint density at radius 1 is 1.41 bits per heavy atom. The van der Waals surface area contributed by atoms with Crippen LogP contribution in [0.25, 0.3) is 0 Å². The molecule has 17 heavy (non-hydrogen) atoms. The van der Waals surface area contributed by atoms with E-state index in [0.717, 1.165) is 11.8 Å². The van der Waals surface area contributed by atoms with E-state index < -0.39 is 6.29 Å². The van der Waals surface area contributed by atoms with Crippen molar-refractivity contribution in [1.82, 2.24) is 0 Å². The zero-order chi connectivity index (χ0) is 12.3. The van der Waals surface area contributed by atoms with E-state index in [0.29, 0.717) is 19.0 Å². The maximum atomic E-state index is 10.5. The van der Waals surface area contributed by atoms with E-state index in [-0.39, 0.29) is 11.7 Å². The highest BCUT2D eigenvalue weighted by Gasteiger charge is 2.23. The van der Waals surface area contributed by atoms with Gasteiger partial charge in [-0.1, -0.05) is 6.07 Å². The van der Waals surface area contributed by atoms with Crippen LogP contribution in [0.5, 0.6) is 11.5 Å². The number of aromatic hydroxyl groups is 1. The molecule has 1 aromatic rings. The average Bonchev–Trinajstić information content (AvgIpc) is 2.39. The minimum Gasteiger partial charge on any atom is -0.504 e. The fourth-order valence-electron chi connectivity index (χ4n) is 1.63. The summed E-state index contributed by atoms with van der Waals surface area (Å²) in [5.41, 5.74) is 0.754. The summed E-state index contributed by atoms with van der Waals surface area (Å²) < 4.78 is 15.8. The average molecular weight is 238 g/mol. The summed E-state index contributed by atoms with van der Waals surface area (Å²) in [6, 6.07) is 4.87. The first kappa shape index (κ1) is 11.9. The molecular weight excluding hydrogens is 224 g/mol. The van der Waals surface area contributed by atoms with Gasteiger partial charge in [-0.05, 0) is 12.1 Å². The van der Waals surface area contributed by atoms with Crippen LogP contribution >= 0.6 is 0 Å². The molecule has 1 fully saturated rings. The summed E-state index contributed by atoms with van der Waals surface area (Å²) in [6.45, 7) is 0.689. The summed E-state index contributed by atoms with van der Waals surface area (Å²) in [6.07, 6.45) is 0.314. The van der Waals surface area contributed by atoms with Crippen molar-refractivity contribution in [2.75, 3.05) is 20.3 Å². The predicted molar refractivity (Wildman–Crippen MR) is 58.9 cm³/mol. The molecule has 0 spiro atoms. The lowest BCUT2D eigenvalue weighted by Crippen LogP contribution is -2.27. The number of phenolic OH excluding ortho intramolecular Hbond substituents is 1. The van der Waals surface area contributed by atoms with Gasteiger partial charge >= 0.3 is 0 Å². The number of hydrogen-bond acceptors (Lipinski definition) is 5. The molecule has 1 aromatic carbocycles. The van der Waals surface area contributed by atoms with Crippen LogP contribution in [0.15, 0.2) is 18.2 Å². The maximum absolute atomic E-state index is 10.5.